The van der Waals surface area contributed by atoms with Gasteiger partial charge in [-0.05, 0) is 51.2 Å². The van der Waals surface area contributed by atoms with Gasteiger partial charge in [-0.15, -0.1) is 0 Å². The molecule has 7 nitrogen and oxygen atoms in total. The summed E-state index contributed by atoms with van der Waals surface area (Å²) in [6.45, 7) is 7.15. The smallest absolute Gasteiger partial charge is 0.237 e. The second-order valence-corrected chi connectivity index (χ2v) is 8.10. The normalized spacial score (nSPS) is 26.5. The van der Waals surface area contributed by atoms with E-state index in [1.54, 1.807) is 0 Å². The lowest BCUT2D eigenvalue weighted by molar-refractivity contribution is -0.126. The summed E-state index contributed by atoms with van der Waals surface area (Å²) in [7, 11) is 0. The molecule has 3 aliphatic heterocycles. The monoisotopic (exact) mass is 388 g/mol. The van der Waals surface area contributed by atoms with Crippen molar-refractivity contribution in [2.24, 2.45) is 0 Å². The molecule has 154 valence electrons. The van der Waals surface area contributed by atoms with Crippen LogP contribution in [-0.2, 0) is 9.53 Å². The van der Waals surface area contributed by atoms with Crippen LogP contribution in [0.5, 0.6) is 5.75 Å². The number of nitrogens with one attached hydrogen (secondary N) is 1. The first-order valence-corrected chi connectivity index (χ1v) is 10.7. The van der Waals surface area contributed by atoms with Gasteiger partial charge in [-0.25, -0.2) is 4.98 Å². The molecule has 0 bridgehead atoms. The first-order chi connectivity index (χ1) is 13.7. The molecule has 3 atom stereocenters. The predicted molar refractivity (Wildman–Crippen MR) is 108 cm³/mol. The van der Waals surface area contributed by atoms with E-state index >= 15 is 0 Å². The van der Waals surface area contributed by atoms with Gasteiger partial charge in [0.25, 0.3) is 0 Å². The van der Waals surface area contributed by atoms with E-state index in [9.17, 15) is 4.79 Å². The van der Waals surface area contributed by atoms with E-state index < -0.39 is 0 Å². The lowest BCUT2D eigenvalue weighted by Gasteiger charge is -2.25. The van der Waals surface area contributed by atoms with Crippen molar-refractivity contribution in [1.82, 2.24) is 15.2 Å². The molecule has 0 radical (unpaired) electrons. The Morgan fingerprint density at radius 3 is 2.96 bits per heavy atom. The van der Waals surface area contributed by atoms with Crippen LogP contribution in [0.3, 0.4) is 0 Å². The molecule has 4 heterocycles. The van der Waals surface area contributed by atoms with E-state index in [2.05, 4.69) is 20.1 Å². The fraction of sp³-hybridized carbons (Fsp3) is 0.714. The second-order valence-electron chi connectivity index (χ2n) is 8.10. The van der Waals surface area contributed by atoms with Crippen LogP contribution in [0.1, 0.15) is 39.0 Å². The van der Waals surface area contributed by atoms with Crippen LogP contribution in [-0.4, -0.2) is 73.4 Å². The number of nitrogens with zero attached hydrogens (tertiary/aromatic N) is 3. The summed E-state index contributed by atoms with van der Waals surface area (Å²) in [6.07, 6.45) is 7.60. The van der Waals surface area contributed by atoms with E-state index in [1.165, 1.54) is 12.8 Å². The summed E-state index contributed by atoms with van der Waals surface area (Å²) in [5.41, 5.74) is 0. The number of likely N-dealkylation sites (tertiary alicyclic amines) is 1. The highest BCUT2D eigenvalue weighted by molar-refractivity contribution is 5.81. The van der Waals surface area contributed by atoms with Crippen molar-refractivity contribution in [3.8, 4) is 5.75 Å². The molecule has 0 aromatic carbocycles. The molecule has 1 aromatic heterocycles. The Kier molecular flexibility index (Phi) is 6.32. The fourth-order valence-electron chi connectivity index (χ4n) is 4.36. The quantitative estimate of drug-likeness (QED) is 0.769. The first-order valence-electron chi connectivity index (χ1n) is 10.7. The Morgan fingerprint density at radius 2 is 2.18 bits per heavy atom. The highest BCUT2D eigenvalue weighted by Crippen LogP contribution is 2.30. The first kappa shape index (κ1) is 19.5. The third-order valence-electron chi connectivity index (χ3n) is 6.08. The lowest BCUT2D eigenvalue weighted by Crippen LogP contribution is -2.46. The number of ether oxygens (including phenoxy) is 2. The van der Waals surface area contributed by atoms with Crippen LogP contribution < -0.4 is 15.0 Å². The van der Waals surface area contributed by atoms with Crippen molar-refractivity contribution in [3.05, 3.63) is 18.3 Å². The predicted octanol–water partition coefficient (Wildman–Crippen LogP) is 1.82. The number of carbonyl (C=O) groups is 1. The number of pyridine rings is 1. The van der Waals surface area contributed by atoms with Gasteiger partial charge in [0.2, 0.25) is 5.91 Å². The molecule has 1 N–H and O–H groups in total. The van der Waals surface area contributed by atoms with E-state index in [4.69, 9.17) is 9.47 Å². The Labute approximate surface area is 167 Å². The zero-order valence-corrected chi connectivity index (χ0v) is 16.8. The SMILES string of the molecule is C[C@H](C(=O)NC[C@@H]1CCCO1)N1CC[C@H](Oc2cccnc2N2CCCC2)C1. The van der Waals surface area contributed by atoms with E-state index in [1.807, 2.05) is 25.3 Å². The van der Waals surface area contributed by atoms with E-state index in [0.29, 0.717) is 6.54 Å². The van der Waals surface area contributed by atoms with Crippen molar-refractivity contribution < 1.29 is 14.3 Å². The van der Waals surface area contributed by atoms with Gasteiger partial charge >= 0.3 is 0 Å². The molecule has 0 spiro atoms. The number of hydrogen-bond donors (Lipinski definition) is 1. The number of amides is 1. The van der Waals surface area contributed by atoms with Crippen LogP contribution in [0.15, 0.2) is 18.3 Å². The Balaban J connectivity index is 1.28. The molecule has 0 aliphatic carbocycles. The molecular weight excluding hydrogens is 356 g/mol. The maximum Gasteiger partial charge on any atom is 0.237 e. The summed E-state index contributed by atoms with van der Waals surface area (Å²) in [5, 5.41) is 3.05. The van der Waals surface area contributed by atoms with E-state index in [-0.39, 0.29) is 24.2 Å². The largest absolute Gasteiger partial charge is 0.485 e. The molecule has 3 saturated heterocycles. The van der Waals surface area contributed by atoms with E-state index in [0.717, 1.165) is 63.6 Å². The van der Waals surface area contributed by atoms with Crippen LogP contribution in [0, 0.1) is 0 Å². The van der Waals surface area contributed by atoms with Crippen molar-refractivity contribution in [3.63, 3.8) is 0 Å². The van der Waals surface area contributed by atoms with Gasteiger partial charge in [0.05, 0.1) is 12.1 Å². The summed E-state index contributed by atoms with van der Waals surface area (Å²) in [6, 6.07) is 3.80. The van der Waals surface area contributed by atoms with Gasteiger partial charge in [-0.1, -0.05) is 0 Å². The molecule has 28 heavy (non-hydrogen) atoms. The van der Waals surface area contributed by atoms with Crippen LogP contribution >= 0.6 is 0 Å². The number of hydrogen-bond acceptors (Lipinski definition) is 6. The number of aromatic nitrogens is 1. The minimum Gasteiger partial charge on any atom is -0.485 e. The molecule has 7 heteroatoms. The molecular formula is C21H32N4O3. The van der Waals surface area contributed by atoms with Crippen LogP contribution in [0.25, 0.3) is 0 Å². The minimum atomic E-state index is -0.151. The molecule has 1 amide bonds. The highest BCUT2D eigenvalue weighted by Gasteiger charge is 2.32. The summed E-state index contributed by atoms with van der Waals surface area (Å²) < 4.78 is 11.9. The van der Waals surface area contributed by atoms with Crippen molar-refractivity contribution in [1.29, 1.82) is 0 Å². The Bertz CT molecular complexity index is 659. The summed E-state index contributed by atoms with van der Waals surface area (Å²) >= 11 is 0. The fourth-order valence-corrected chi connectivity index (χ4v) is 4.36. The van der Waals surface area contributed by atoms with Gasteiger partial charge < -0.3 is 19.7 Å². The number of anilines is 1. The van der Waals surface area contributed by atoms with Gasteiger partial charge in [-0.3, -0.25) is 9.69 Å². The van der Waals surface area contributed by atoms with Crippen molar-refractivity contribution >= 4 is 11.7 Å². The zero-order valence-electron chi connectivity index (χ0n) is 16.8. The summed E-state index contributed by atoms with van der Waals surface area (Å²) in [5.74, 6) is 1.91. The Hall–Kier alpha value is -1.86. The Morgan fingerprint density at radius 1 is 1.32 bits per heavy atom. The van der Waals surface area contributed by atoms with Gasteiger partial charge in [0.1, 0.15) is 6.10 Å². The third kappa shape index (κ3) is 4.58. The second kappa shape index (κ2) is 9.09. The van der Waals surface area contributed by atoms with Gasteiger partial charge in [0, 0.05) is 45.5 Å². The molecule has 0 saturated carbocycles. The minimum absolute atomic E-state index is 0.0790. The maximum absolute atomic E-state index is 12.5. The summed E-state index contributed by atoms with van der Waals surface area (Å²) in [4.78, 5) is 21.6. The lowest BCUT2D eigenvalue weighted by atomic mass is 10.2. The maximum atomic E-state index is 12.5. The molecule has 3 fully saturated rings. The van der Waals surface area contributed by atoms with Crippen LogP contribution in [0.4, 0.5) is 5.82 Å². The number of rotatable bonds is 7. The van der Waals surface area contributed by atoms with Gasteiger partial charge in [0.15, 0.2) is 11.6 Å². The average molecular weight is 389 g/mol. The molecule has 0 unspecified atom stereocenters. The highest BCUT2D eigenvalue weighted by atomic mass is 16.5. The zero-order chi connectivity index (χ0) is 19.3. The third-order valence-corrected chi connectivity index (χ3v) is 6.08. The van der Waals surface area contributed by atoms with Crippen LogP contribution in [0.2, 0.25) is 0 Å². The number of carbonyl (C=O) groups excluding carboxylic acids is 1. The topological polar surface area (TPSA) is 66.9 Å². The molecule has 1 aromatic rings. The molecule has 4 rings (SSSR count). The average Bonchev–Trinajstić information content (AvgIpc) is 3.48. The molecule has 3 aliphatic rings. The van der Waals surface area contributed by atoms with Gasteiger partial charge in [-0.2, -0.15) is 0 Å². The standard InChI is InChI=1S/C21H32N4O3/c1-16(21(26)23-14-17-6-5-13-27-17)25-12-8-18(15-25)28-19-7-4-9-22-20(19)24-10-2-3-11-24/h4,7,9,16-18H,2-3,5-6,8,10-15H2,1H3,(H,23,26)/t16-,17+,18+/m1/s1. The van der Waals surface area contributed by atoms with Crippen molar-refractivity contribution in [2.75, 3.05) is 44.2 Å². The van der Waals surface area contributed by atoms with Crippen molar-refractivity contribution in [2.45, 2.75) is 57.3 Å².